The number of hydrogen-bond donors (Lipinski definition) is 1. The molecule has 1 N–H and O–H groups in total. The van der Waals surface area contributed by atoms with E-state index in [9.17, 15) is 8.42 Å². The number of nitrogens with one attached hydrogen (secondary N) is 1. The van der Waals surface area contributed by atoms with Crippen LogP contribution in [0.2, 0.25) is 0 Å². The zero-order valence-corrected chi connectivity index (χ0v) is 14.4. The molecule has 0 spiro atoms. The normalized spacial score (nSPS) is 21.6. The van der Waals surface area contributed by atoms with E-state index in [0.717, 1.165) is 12.8 Å². The molecule has 1 saturated carbocycles. The van der Waals surface area contributed by atoms with Crippen LogP contribution in [0.5, 0.6) is 0 Å². The van der Waals surface area contributed by atoms with E-state index in [-0.39, 0.29) is 5.54 Å². The highest BCUT2D eigenvalue weighted by atomic mass is 32.2. The molecule has 1 fully saturated rings. The van der Waals surface area contributed by atoms with E-state index in [1.165, 1.54) is 44.8 Å². The minimum Gasteiger partial charge on any atom is -0.315 e. The Labute approximate surface area is 125 Å². The summed E-state index contributed by atoms with van der Waals surface area (Å²) in [5, 5.41) is 3.47. The van der Waals surface area contributed by atoms with Gasteiger partial charge in [0.1, 0.15) is 9.84 Å². The molecule has 0 aliphatic heterocycles. The first-order chi connectivity index (χ1) is 9.32. The van der Waals surface area contributed by atoms with Crippen LogP contribution in [0.1, 0.15) is 51.4 Å². The number of sulfone groups is 1. The average Bonchev–Trinajstić information content (AvgIpc) is 2.60. The van der Waals surface area contributed by atoms with E-state index < -0.39 is 9.84 Å². The van der Waals surface area contributed by atoms with Gasteiger partial charge >= 0.3 is 0 Å². The van der Waals surface area contributed by atoms with Crippen LogP contribution < -0.4 is 5.32 Å². The standard InChI is InChI=1S/C15H32N2O2S/c1-16-14(10-9-13-20(4,18)19)15(17(2)3)11-7-5-6-8-12-15/h14,16H,5-13H2,1-4H3. The molecule has 0 saturated heterocycles. The molecule has 0 radical (unpaired) electrons. The van der Waals surface area contributed by atoms with Gasteiger partial charge in [0.05, 0.1) is 0 Å². The Balaban J connectivity index is 2.75. The molecule has 1 rings (SSSR count). The number of likely N-dealkylation sites (N-methyl/N-ethyl adjacent to an activating group) is 2. The van der Waals surface area contributed by atoms with Crippen molar-refractivity contribution in [1.82, 2.24) is 10.2 Å². The quantitative estimate of drug-likeness (QED) is 0.731. The smallest absolute Gasteiger partial charge is 0.147 e. The van der Waals surface area contributed by atoms with Crippen LogP contribution in [0.4, 0.5) is 0 Å². The van der Waals surface area contributed by atoms with Gasteiger partial charge in [-0.25, -0.2) is 8.42 Å². The summed E-state index contributed by atoms with van der Waals surface area (Å²) < 4.78 is 22.6. The zero-order valence-electron chi connectivity index (χ0n) is 13.6. The minimum absolute atomic E-state index is 0.183. The fraction of sp³-hybridized carbons (Fsp3) is 1.00. The molecular formula is C15H32N2O2S. The molecule has 120 valence electrons. The summed E-state index contributed by atoms with van der Waals surface area (Å²) in [6, 6.07) is 0.373. The maximum absolute atomic E-state index is 11.3. The van der Waals surface area contributed by atoms with Crippen molar-refractivity contribution >= 4 is 9.84 Å². The van der Waals surface area contributed by atoms with Gasteiger partial charge in [-0.15, -0.1) is 0 Å². The zero-order chi connectivity index (χ0) is 15.2. The summed E-state index contributed by atoms with van der Waals surface area (Å²) in [6.45, 7) is 0. The van der Waals surface area contributed by atoms with Crippen molar-refractivity contribution in [2.75, 3.05) is 33.2 Å². The first kappa shape index (κ1) is 17.9. The van der Waals surface area contributed by atoms with Crippen molar-refractivity contribution in [2.45, 2.75) is 62.9 Å². The Hall–Kier alpha value is -0.130. The summed E-state index contributed by atoms with van der Waals surface area (Å²) in [5.74, 6) is 0.300. The van der Waals surface area contributed by atoms with Gasteiger partial charge in [-0.05, 0) is 46.8 Å². The molecule has 1 aliphatic carbocycles. The molecule has 0 aromatic rings. The van der Waals surface area contributed by atoms with E-state index in [4.69, 9.17) is 0 Å². The van der Waals surface area contributed by atoms with Crippen molar-refractivity contribution in [1.29, 1.82) is 0 Å². The number of rotatable bonds is 7. The van der Waals surface area contributed by atoms with E-state index in [1.807, 2.05) is 7.05 Å². The fourth-order valence-electron chi connectivity index (χ4n) is 3.68. The summed E-state index contributed by atoms with van der Waals surface area (Å²) in [4.78, 5) is 2.37. The Morgan fingerprint density at radius 1 is 1.15 bits per heavy atom. The van der Waals surface area contributed by atoms with E-state index in [0.29, 0.717) is 11.8 Å². The molecular weight excluding hydrogens is 272 g/mol. The highest BCUT2D eigenvalue weighted by Crippen LogP contribution is 2.35. The van der Waals surface area contributed by atoms with Crippen molar-refractivity contribution in [3.05, 3.63) is 0 Å². The predicted molar refractivity (Wildman–Crippen MR) is 85.9 cm³/mol. The summed E-state index contributed by atoms with van der Waals surface area (Å²) in [5.41, 5.74) is 0.183. The largest absolute Gasteiger partial charge is 0.315 e. The third kappa shape index (κ3) is 5.01. The fourth-order valence-corrected chi connectivity index (χ4v) is 4.37. The van der Waals surface area contributed by atoms with Crippen LogP contribution in [-0.2, 0) is 9.84 Å². The SMILES string of the molecule is CNC(CCCS(C)(=O)=O)C1(N(C)C)CCCCCC1. The maximum Gasteiger partial charge on any atom is 0.147 e. The van der Waals surface area contributed by atoms with Gasteiger partial charge in [0, 0.05) is 23.6 Å². The topological polar surface area (TPSA) is 49.4 Å². The van der Waals surface area contributed by atoms with E-state index in [2.05, 4.69) is 24.3 Å². The van der Waals surface area contributed by atoms with Crippen molar-refractivity contribution in [2.24, 2.45) is 0 Å². The monoisotopic (exact) mass is 304 g/mol. The molecule has 0 aromatic heterocycles. The van der Waals surface area contributed by atoms with Crippen LogP contribution >= 0.6 is 0 Å². The second-order valence-electron chi connectivity index (χ2n) is 6.53. The van der Waals surface area contributed by atoms with Gasteiger partial charge in [0.25, 0.3) is 0 Å². The van der Waals surface area contributed by atoms with Gasteiger partial charge < -0.3 is 10.2 Å². The van der Waals surface area contributed by atoms with Gasteiger partial charge in [0.15, 0.2) is 0 Å². The lowest BCUT2D eigenvalue weighted by Crippen LogP contribution is -2.58. The molecule has 20 heavy (non-hydrogen) atoms. The number of nitrogens with zero attached hydrogens (tertiary/aromatic N) is 1. The molecule has 0 amide bonds. The van der Waals surface area contributed by atoms with E-state index >= 15 is 0 Å². The van der Waals surface area contributed by atoms with Crippen LogP contribution in [0.3, 0.4) is 0 Å². The third-order valence-electron chi connectivity index (χ3n) is 4.87. The Morgan fingerprint density at radius 2 is 1.70 bits per heavy atom. The summed E-state index contributed by atoms with van der Waals surface area (Å²) in [6.07, 6.45) is 10.7. The first-order valence-electron chi connectivity index (χ1n) is 7.84. The van der Waals surface area contributed by atoms with Crippen LogP contribution in [-0.4, -0.2) is 58.1 Å². The highest BCUT2D eigenvalue weighted by molar-refractivity contribution is 7.90. The minimum atomic E-state index is -2.85. The van der Waals surface area contributed by atoms with Crippen molar-refractivity contribution in [3.8, 4) is 0 Å². The molecule has 1 unspecified atom stereocenters. The lowest BCUT2D eigenvalue weighted by atomic mass is 9.79. The molecule has 0 bridgehead atoms. The van der Waals surface area contributed by atoms with Gasteiger partial charge in [0.2, 0.25) is 0 Å². The summed E-state index contributed by atoms with van der Waals surface area (Å²) >= 11 is 0. The molecule has 0 aromatic carbocycles. The van der Waals surface area contributed by atoms with Gasteiger partial charge in [-0.3, -0.25) is 0 Å². The predicted octanol–water partition coefficient (Wildman–Crippen LogP) is 2.05. The molecule has 1 aliphatic rings. The molecule has 1 atom stereocenters. The van der Waals surface area contributed by atoms with Crippen LogP contribution in [0.15, 0.2) is 0 Å². The van der Waals surface area contributed by atoms with Crippen LogP contribution in [0.25, 0.3) is 0 Å². The molecule has 0 heterocycles. The Bertz CT molecular complexity index is 371. The van der Waals surface area contributed by atoms with Gasteiger partial charge in [-0.2, -0.15) is 0 Å². The number of hydrogen-bond acceptors (Lipinski definition) is 4. The second-order valence-corrected chi connectivity index (χ2v) is 8.79. The maximum atomic E-state index is 11.3. The Morgan fingerprint density at radius 3 is 2.10 bits per heavy atom. The second kappa shape index (κ2) is 7.76. The Kier molecular flexibility index (Phi) is 6.95. The first-order valence-corrected chi connectivity index (χ1v) is 9.90. The average molecular weight is 305 g/mol. The lowest BCUT2D eigenvalue weighted by molar-refractivity contribution is 0.0794. The highest BCUT2D eigenvalue weighted by Gasteiger charge is 2.39. The van der Waals surface area contributed by atoms with Crippen molar-refractivity contribution < 1.29 is 8.42 Å². The van der Waals surface area contributed by atoms with Crippen LogP contribution in [0, 0.1) is 0 Å². The summed E-state index contributed by atoms with van der Waals surface area (Å²) in [7, 11) is 3.51. The third-order valence-corrected chi connectivity index (χ3v) is 5.90. The molecule has 5 heteroatoms. The van der Waals surface area contributed by atoms with Gasteiger partial charge in [-0.1, -0.05) is 25.7 Å². The lowest BCUT2D eigenvalue weighted by Gasteiger charge is -2.46. The molecule has 4 nitrogen and oxygen atoms in total. The van der Waals surface area contributed by atoms with E-state index in [1.54, 1.807) is 0 Å². The van der Waals surface area contributed by atoms with Crippen molar-refractivity contribution in [3.63, 3.8) is 0 Å².